The number of furan rings is 1. The van der Waals surface area contributed by atoms with Crippen LogP contribution in [-0.4, -0.2) is 40.1 Å². The van der Waals surface area contributed by atoms with Crippen LogP contribution in [0.25, 0.3) is 22.3 Å². The highest BCUT2D eigenvalue weighted by Crippen LogP contribution is 2.39. The fourth-order valence-corrected chi connectivity index (χ4v) is 3.37. The first-order valence-electron chi connectivity index (χ1n) is 9.36. The van der Waals surface area contributed by atoms with Gasteiger partial charge in [0.15, 0.2) is 9.84 Å². The number of ether oxygens (including phenoxy) is 1. The van der Waals surface area contributed by atoms with Gasteiger partial charge >= 0.3 is 0 Å². The smallest absolute Gasteiger partial charge is 0.255 e. The second-order valence-electron chi connectivity index (χ2n) is 6.83. The quantitative estimate of drug-likeness (QED) is 0.560. The lowest BCUT2D eigenvalue weighted by atomic mass is 10.0. The summed E-state index contributed by atoms with van der Waals surface area (Å²) in [4.78, 5) is 12.6. The van der Waals surface area contributed by atoms with Gasteiger partial charge in [0.1, 0.15) is 28.8 Å². The number of hydrogen-bond donors (Lipinski definition) is 2. The van der Waals surface area contributed by atoms with Crippen LogP contribution in [-0.2, 0) is 9.84 Å². The molecule has 0 radical (unpaired) electrons. The highest BCUT2D eigenvalue weighted by atomic mass is 32.2. The Morgan fingerprint density at radius 2 is 1.90 bits per heavy atom. The first-order chi connectivity index (χ1) is 14.2. The van der Waals surface area contributed by atoms with Crippen molar-refractivity contribution in [3.63, 3.8) is 0 Å². The van der Waals surface area contributed by atoms with E-state index in [0.29, 0.717) is 34.6 Å². The van der Waals surface area contributed by atoms with Crippen molar-refractivity contribution < 1.29 is 26.8 Å². The van der Waals surface area contributed by atoms with E-state index in [-0.39, 0.29) is 23.1 Å². The van der Waals surface area contributed by atoms with E-state index < -0.39 is 15.7 Å². The summed E-state index contributed by atoms with van der Waals surface area (Å²) in [5.74, 6) is -0.365. The zero-order valence-corrected chi connectivity index (χ0v) is 17.7. The van der Waals surface area contributed by atoms with Crippen LogP contribution in [0.3, 0.4) is 0 Å². The molecule has 160 valence electrons. The van der Waals surface area contributed by atoms with Crippen LogP contribution >= 0.6 is 0 Å². The predicted molar refractivity (Wildman–Crippen MR) is 114 cm³/mol. The lowest BCUT2D eigenvalue weighted by Gasteiger charge is -2.13. The summed E-state index contributed by atoms with van der Waals surface area (Å²) in [5.41, 5.74) is 1.63. The average Bonchev–Trinajstić information content (AvgIpc) is 3.07. The number of carbonyl (C=O) groups excluding carboxylic acids is 1. The van der Waals surface area contributed by atoms with Crippen LogP contribution in [0.1, 0.15) is 23.7 Å². The van der Waals surface area contributed by atoms with Gasteiger partial charge in [-0.3, -0.25) is 4.79 Å². The molecule has 0 atom stereocenters. The van der Waals surface area contributed by atoms with Crippen LogP contribution in [0.4, 0.5) is 10.1 Å². The molecule has 0 saturated heterocycles. The molecule has 1 aromatic heterocycles. The molecule has 1 amide bonds. The molecule has 0 aliphatic heterocycles. The molecule has 0 saturated carbocycles. The minimum atomic E-state index is -3.28. The maximum absolute atomic E-state index is 13.4. The normalized spacial score (nSPS) is 11.5. The third-order valence-corrected chi connectivity index (χ3v) is 5.01. The molecular formula is C21H23FN2O5S. The summed E-state index contributed by atoms with van der Waals surface area (Å²) in [6, 6.07) is 8.87. The predicted octanol–water partition coefficient (Wildman–Crippen LogP) is 3.80. The molecule has 7 nitrogen and oxygen atoms in total. The van der Waals surface area contributed by atoms with Crippen molar-refractivity contribution in [3.8, 4) is 17.1 Å². The van der Waals surface area contributed by atoms with E-state index in [9.17, 15) is 17.6 Å². The van der Waals surface area contributed by atoms with Crippen molar-refractivity contribution in [2.75, 3.05) is 31.1 Å². The molecule has 0 unspecified atom stereocenters. The lowest BCUT2D eigenvalue weighted by Crippen LogP contribution is -2.18. The fraction of sp³-hybridized carbons (Fsp3) is 0.286. The zero-order chi connectivity index (χ0) is 21.9. The van der Waals surface area contributed by atoms with Crippen LogP contribution in [0.15, 0.2) is 40.8 Å². The summed E-state index contributed by atoms with van der Waals surface area (Å²) in [6.07, 6.45) is 1.87. The molecule has 2 aromatic carbocycles. The maximum Gasteiger partial charge on any atom is 0.255 e. The number of nitrogens with one attached hydrogen (secondary N) is 2. The van der Waals surface area contributed by atoms with Crippen LogP contribution in [0.2, 0.25) is 0 Å². The van der Waals surface area contributed by atoms with Gasteiger partial charge in [-0.2, -0.15) is 0 Å². The molecule has 0 fully saturated rings. The summed E-state index contributed by atoms with van der Waals surface area (Å²) in [6.45, 7) is 2.36. The summed E-state index contributed by atoms with van der Waals surface area (Å²) >= 11 is 0. The SMILES string of the molecule is CCCOc1cc2c(C(=O)NC)c(-c3ccc(F)cc3)oc2cc1NCS(C)(=O)=O. The van der Waals surface area contributed by atoms with Crippen molar-refractivity contribution in [2.24, 2.45) is 0 Å². The Morgan fingerprint density at radius 1 is 1.20 bits per heavy atom. The molecule has 0 bridgehead atoms. The summed E-state index contributed by atoms with van der Waals surface area (Å²) in [5, 5.41) is 5.95. The molecule has 30 heavy (non-hydrogen) atoms. The van der Waals surface area contributed by atoms with Crippen molar-refractivity contribution in [2.45, 2.75) is 13.3 Å². The van der Waals surface area contributed by atoms with Gasteiger partial charge in [-0.25, -0.2) is 12.8 Å². The molecule has 3 rings (SSSR count). The topological polar surface area (TPSA) is 97.6 Å². The van der Waals surface area contributed by atoms with Crippen LogP contribution in [0, 0.1) is 5.82 Å². The maximum atomic E-state index is 13.4. The molecule has 0 aliphatic rings. The Bertz CT molecular complexity index is 1170. The van der Waals surface area contributed by atoms with E-state index in [1.165, 1.54) is 31.3 Å². The molecule has 0 aliphatic carbocycles. The van der Waals surface area contributed by atoms with Crippen molar-refractivity contribution in [1.82, 2.24) is 5.32 Å². The Balaban J connectivity index is 2.20. The zero-order valence-electron chi connectivity index (χ0n) is 16.9. The minimum Gasteiger partial charge on any atom is -0.491 e. The number of anilines is 1. The number of halogens is 1. The first kappa shape index (κ1) is 21.6. The monoisotopic (exact) mass is 434 g/mol. The number of amides is 1. The molecule has 3 aromatic rings. The molecule has 1 heterocycles. The minimum absolute atomic E-state index is 0.283. The van der Waals surface area contributed by atoms with Gasteiger partial charge in [-0.05, 0) is 36.8 Å². The van der Waals surface area contributed by atoms with E-state index in [1.54, 1.807) is 12.1 Å². The number of rotatable bonds is 8. The third-order valence-electron chi connectivity index (χ3n) is 4.34. The van der Waals surface area contributed by atoms with Gasteiger partial charge in [0.2, 0.25) is 0 Å². The van der Waals surface area contributed by atoms with Gasteiger partial charge in [0.05, 0.1) is 17.9 Å². The van der Waals surface area contributed by atoms with Gasteiger partial charge in [0, 0.05) is 30.3 Å². The van der Waals surface area contributed by atoms with Crippen LogP contribution < -0.4 is 15.4 Å². The standard InChI is InChI=1S/C21H23FN2O5S/c1-4-9-28-18-10-15-17(11-16(18)24-12-30(3,26)27)29-20(19(15)21(25)23-2)13-5-7-14(22)8-6-13/h5-8,10-11,24H,4,9,12H2,1-3H3,(H,23,25). The third kappa shape index (κ3) is 4.73. The highest BCUT2D eigenvalue weighted by molar-refractivity contribution is 7.90. The van der Waals surface area contributed by atoms with Gasteiger partial charge in [-0.1, -0.05) is 6.92 Å². The second kappa shape index (κ2) is 8.74. The Morgan fingerprint density at radius 3 is 2.50 bits per heavy atom. The number of carbonyl (C=O) groups is 1. The summed E-state index contributed by atoms with van der Waals surface area (Å²) in [7, 11) is -1.77. The number of hydrogen-bond acceptors (Lipinski definition) is 6. The Hall–Kier alpha value is -3.07. The molecule has 0 spiro atoms. The summed E-state index contributed by atoms with van der Waals surface area (Å²) < 4.78 is 48.2. The van der Waals surface area contributed by atoms with Crippen molar-refractivity contribution in [1.29, 1.82) is 0 Å². The Labute approximate surface area is 174 Å². The van der Waals surface area contributed by atoms with E-state index in [2.05, 4.69) is 10.6 Å². The van der Waals surface area contributed by atoms with E-state index >= 15 is 0 Å². The van der Waals surface area contributed by atoms with E-state index in [1.807, 2.05) is 6.92 Å². The lowest BCUT2D eigenvalue weighted by molar-refractivity contribution is 0.0964. The molecule has 9 heteroatoms. The van der Waals surface area contributed by atoms with Gasteiger partial charge in [-0.15, -0.1) is 0 Å². The first-order valence-corrected chi connectivity index (χ1v) is 11.4. The fourth-order valence-electron chi connectivity index (χ4n) is 2.96. The van der Waals surface area contributed by atoms with E-state index in [0.717, 1.165) is 12.7 Å². The Kier molecular flexibility index (Phi) is 6.31. The van der Waals surface area contributed by atoms with Crippen molar-refractivity contribution in [3.05, 3.63) is 47.8 Å². The molecular weight excluding hydrogens is 411 g/mol. The molecule has 2 N–H and O–H groups in total. The van der Waals surface area contributed by atoms with E-state index in [4.69, 9.17) is 9.15 Å². The van der Waals surface area contributed by atoms with Gasteiger partial charge < -0.3 is 19.8 Å². The second-order valence-corrected chi connectivity index (χ2v) is 8.97. The van der Waals surface area contributed by atoms with Crippen LogP contribution in [0.5, 0.6) is 5.75 Å². The number of fused-ring (bicyclic) bond motifs is 1. The van der Waals surface area contributed by atoms with Crippen molar-refractivity contribution >= 4 is 32.4 Å². The number of benzene rings is 2. The number of sulfone groups is 1. The average molecular weight is 434 g/mol. The largest absolute Gasteiger partial charge is 0.491 e. The highest BCUT2D eigenvalue weighted by Gasteiger charge is 2.23. The van der Waals surface area contributed by atoms with Gasteiger partial charge in [0.25, 0.3) is 5.91 Å².